The van der Waals surface area contributed by atoms with Crippen LogP contribution in [0.2, 0.25) is 0 Å². The van der Waals surface area contributed by atoms with E-state index in [-0.39, 0.29) is 11.3 Å². The molecule has 0 unspecified atom stereocenters. The molecular weight excluding hydrogens is 451 g/mol. The maximum atomic E-state index is 13.7. The number of ketones is 1. The third-order valence-corrected chi connectivity index (χ3v) is 6.63. The van der Waals surface area contributed by atoms with E-state index in [1.165, 1.54) is 17.0 Å². The molecule has 1 atom stereocenters. The second-order valence-electron chi connectivity index (χ2n) is 8.83. The van der Waals surface area contributed by atoms with E-state index in [4.69, 9.17) is 4.74 Å². The van der Waals surface area contributed by atoms with Crippen LogP contribution in [-0.4, -0.2) is 75.4 Å². The zero-order valence-electron chi connectivity index (χ0n) is 19.5. The molecule has 35 heavy (non-hydrogen) atoms. The zero-order chi connectivity index (χ0) is 24.5. The molecule has 182 valence electrons. The molecule has 0 aliphatic carbocycles. The number of morpholine rings is 1. The van der Waals surface area contributed by atoms with Crippen LogP contribution in [0.25, 0.3) is 11.4 Å². The van der Waals surface area contributed by atoms with Gasteiger partial charge in [-0.15, -0.1) is 0 Å². The van der Waals surface area contributed by atoms with Gasteiger partial charge in [-0.1, -0.05) is 18.2 Å². The first kappa shape index (κ1) is 23.2. The number of rotatable bonds is 6. The number of pyridine rings is 1. The number of hydrogen-bond acceptors (Lipinski definition) is 6. The van der Waals surface area contributed by atoms with Crippen molar-refractivity contribution < 1.29 is 23.8 Å². The number of aliphatic hydroxyl groups excluding tert-OH is 1. The minimum Gasteiger partial charge on any atom is -0.505 e. The number of likely N-dealkylation sites (tertiary alicyclic amines) is 1. The third kappa shape index (κ3) is 4.33. The van der Waals surface area contributed by atoms with E-state index in [9.17, 15) is 19.1 Å². The lowest BCUT2D eigenvalue weighted by atomic mass is 9.96. The smallest absolute Gasteiger partial charge is 0.295 e. The van der Waals surface area contributed by atoms with Crippen LogP contribution in [0, 0.1) is 12.7 Å². The van der Waals surface area contributed by atoms with E-state index in [0.717, 1.165) is 19.6 Å². The minimum absolute atomic E-state index is 0.0123. The SMILES string of the molecule is Cc1nc2ccccn2c1/C(O)=C1\C(=O)C(=O)N(CCCN2CCOCC2)[C@@H]1c1ccc(F)cc1. The Morgan fingerprint density at radius 1 is 1.11 bits per heavy atom. The van der Waals surface area contributed by atoms with Gasteiger partial charge in [0.2, 0.25) is 0 Å². The van der Waals surface area contributed by atoms with Crippen LogP contribution in [0.15, 0.2) is 54.2 Å². The van der Waals surface area contributed by atoms with Gasteiger partial charge >= 0.3 is 0 Å². The average Bonchev–Trinajstić information content (AvgIpc) is 3.33. The third-order valence-electron chi connectivity index (χ3n) is 6.63. The maximum absolute atomic E-state index is 13.7. The van der Waals surface area contributed by atoms with E-state index < -0.39 is 23.5 Å². The van der Waals surface area contributed by atoms with Gasteiger partial charge in [0.25, 0.3) is 11.7 Å². The molecule has 0 spiro atoms. The number of ether oxygens (including phenoxy) is 1. The van der Waals surface area contributed by atoms with Gasteiger partial charge in [-0.25, -0.2) is 9.37 Å². The summed E-state index contributed by atoms with van der Waals surface area (Å²) >= 11 is 0. The molecule has 4 heterocycles. The second kappa shape index (κ2) is 9.59. The molecule has 8 nitrogen and oxygen atoms in total. The van der Waals surface area contributed by atoms with Gasteiger partial charge in [0.15, 0.2) is 5.76 Å². The van der Waals surface area contributed by atoms with Gasteiger partial charge < -0.3 is 14.7 Å². The summed E-state index contributed by atoms with van der Waals surface area (Å²) in [7, 11) is 0. The second-order valence-corrected chi connectivity index (χ2v) is 8.83. The molecule has 0 saturated carbocycles. The van der Waals surface area contributed by atoms with Crippen LogP contribution in [0.1, 0.15) is 29.4 Å². The largest absolute Gasteiger partial charge is 0.505 e. The van der Waals surface area contributed by atoms with Gasteiger partial charge in [-0.3, -0.25) is 18.9 Å². The van der Waals surface area contributed by atoms with Gasteiger partial charge in [0.05, 0.1) is 30.5 Å². The van der Waals surface area contributed by atoms with Crippen molar-refractivity contribution in [1.29, 1.82) is 0 Å². The summed E-state index contributed by atoms with van der Waals surface area (Å²) < 4.78 is 20.8. The van der Waals surface area contributed by atoms with Crippen LogP contribution < -0.4 is 0 Å². The molecule has 1 aromatic carbocycles. The summed E-state index contributed by atoms with van der Waals surface area (Å²) in [5.74, 6) is -2.14. The number of Topliss-reactive ketones (excluding diaryl/α,β-unsaturated/α-hetero) is 1. The van der Waals surface area contributed by atoms with Crippen LogP contribution in [0.4, 0.5) is 4.39 Å². The number of benzene rings is 1. The lowest BCUT2D eigenvalue weighted by Gasteiger charge is -2.29. The summed E-state index contributed by atoms with van der Waals surface area (Å²) in [4.78, 5) is 34.7. The number of hydrogen-bond donors (Lipinski definition) is 1. The van der Waals surface area contributed by atoms with Crippen molar-refractivity contribution in [2.24, 2.45) is 0 Å². The van der Waals surface area contributed by atoms with Gasteiger partial charge in [-0.2, -0.15) is 0 Å². The lowest BCUT2D eigenvalue weighted by molar-refractivity contribution is -0.140. The molecule has 1 amide bonds. The first-order valence-corrected chi connectivity index (χ1v) is 11.7. The molecule has 9 heteroatoms. The molecule has 1 N–H and O–H groups in total. The number of aromatic nitrogens is 2. The highest BCUT2D eigenvalue weighted by molar-refractivity contribution is 6.46. The molecule has 0 radical (unpaired) electrons. The molecule has 2 fully saturated rings. The quantitative estimate of drug-likeness (QED) is 0.333. The summed E-state index contributed by atoms with van der Waals surface area (Å²) in [6.07, 6.45) is 2.40. The van der Waals surface area contributed by atoms with Crippen molar-refractivity contribution in [2.45, 2.75) is 19.4 Å². The molecule has 5 rings (SSSR count). The number of carbonyl (C=O) groups is 2. The van der Waals surface area contributed by atoms with Crippen molar-refractivity contribution in [3.05, 3.63) is 77.0 Å². The van der Waals surface area contributed by atoms with Gasteiger partial charge in [0, 0.05) is 32.4 Å². The number of aryl methyl sites for hydroxylation is 1. The molecule has 2 saturated heterocycles. The Kier molecular flexibility index (Phi) is 6.36. The monoisotopic (exact) mass is 478 g/mol. The molecular formula is C26H27FN4O4. The summed E-state index contributed by atoms with van der Waals surface area (Å²) in [5, 5.41) is 11.4. The van der Waals surface area contributed by atoms with Crippen molar-refractivity contribution in [2.75, 3.05) is 39.4 Å². The Morgan fingerprint density at radius 2 is 1.86 bits per heavy atom. The molecule has 2 aliphatic rings. The van der Waals surface area contributed by atoms with Crippen LogP contribution in [0.3, 0.4) is 0 Å². The van der Waals surface area contributed by atoms with E-state index >= 15 is 0 Å². The Morgan fingerprint density at radius 3 is 2.60 bits per heavy atom. The van der Waals surface area contributed by atoms with E-state index in [0.29, 0.717) is 48.8 Å². The number of nitrogens with zero attached hydrogens (tertiary/aromatic N) is 4. The first-order chi connectivity index (χ1) is 17.0. The van der Waals surface area contributed by atoms with Crippen molar-refractivity contribution in [1.82, 2.24) is 19.2 Å². The number of halogens is 1. The van der Waals surface area contributed by atoms with Gasteiger partial charge in [0.1, 0.15) is 17.2 Å². The highest BCUT2D eigenvalue weighted by atomic mass is 19.1. The normalized spacial score (nSPS) is 20.7. The Balaban J connectivity index is 1.54. The van der Waals surface area contributed by atoms with Crippen molar-refractivity contribution in [3.63, 3.8) is 0 Å². The summed E-state index contributed by atoms with van der Waals surface area (Å²) in [5.41, 5.74) is 2.06. The van der Waals surface area contributed by atoms with Crippen LogP contribution >= 0.6 is 0 Å². The Hall–Kier alpha value is -3.56. The molecule has 2 aliphatic heterocycles. The first-order valence-electron chi connectivity index (χ1n) is 11.7. The van der Waals surface area contributed by atoms with E-state index in [2.05, 4.69) is 9.88 Å². The summed E-state index contributed by atoms with van der Waals surface area (Å²) in [6.45, 7) is 5.84. The van der Waals surface area contributed by atoms with E-state index in [1.54, 1.807) is 41.8 Å². The molecule has 2 aromatic heterocycles. The topological polar surface area (TPSA) is 87.4 Å². The maximum Gasteiger partial charge on any atom is 0.295 e. The average molecular weight is 479 g/mol. The fourth-order valence-electron chi connectivity index (χ4n) is 4.92. The number of amides is 1. The number of aliphatic hydroxyl groups is 1. The fourth-order valence-corrected chi connectivity index (χ4v) is 4.92. The molecule has 3 aromatic rings. The van der Waals surface area contributed by atoms with Crippen molar-refractivity contribution >= 4 is 23.1 Å². The predicted molar refractivity (Wildman–Crippen MR) is 127 cm³/mol. The highest BCUT2D eigenvalue weighted by Gasteiger charge is 2.46. The molecule has 0 bridgehead atoms. The predicted octanol–water partition coefficient (Wildman–Crippen LogP) is 2.93. The highest BCUT2D eigenvalue weighted by Crippen LogP contribution is 2.40. The van der Waals surface area contributed by atoms with Gasteiger partial charge in [-0.05, 0) is 43.2 Å². The standard InChI is InChI=1S/C26H27FN4O4/c1-17-22(30-11-3-2-5-20(30)28-17)24(32)21-23(18-6-8-19(27)9-7-18)31(26(34)25(21)33)12-4-10-29-13-15-35-16-14-29/h2-3,5-9,11,23,32H,4,10,12-16H2,1H3/b24-21+/t23-/m1/s1. The number of imidazole rings is 1. The van der Waals surface area contributed by atoms with E-state index in [1.807, 2.05) is 6.07 Å². The van der Waals surface area contributed by atoms with Crippen LogP contribution in [0.5, 0.6) is 0 Å². The summed E-state index contributed by atoms with van der Waals surface area (Å²) in [6, 6.07) is 10.3. The number of carbonyl (C=O) groups excluding carboxylic acids is 2. The number of fused-ring (bicyclic) bond motifs is 1. The Labute approximate surface area is 202 Å². The van der Waals surface area contributed by atoms with Crippen LogP contribution in [-0.2, 0) is 14.3 Å². The van der Waals surface area contributed by atoms with Crippen molar-refractivity contribution in [3.8, 4) is 0 Å². The lowest BCUT2D eigenvalue weighted by Crippen LogP contribution is -2.38. The zero-order valence-corrected chi connectivity index (χ0v) is 19.5. The minimum atomic E-state index is -0.825. The Bertz CT molecular complexity index is 1290. The fraction of sp³-hybridized carbons (Fsp3) is 0.346.